The third-order valence-corrected chi connectivity index (χ3v) is 2.53. The van der Waals surface area contributed by atoms with Crippen LogP contribution >= 0.6 is 11.6 Å². The highest BCUT2D eigenvalue weighted by molar-refractivity contribution is 6.31. The topological polar surface area (TPSA) is 34.2 Å². The molecular formula is C12H19ClN2O. The normalized spacial score (nSPS) is 10.8. The van der Waals surface area contributed by atoms with Gasteiger partial charge < -0.3 is 10.1 Å². The van der Waals surface area contributed by atoms with Gasteiger partial charge in [0.2, 0.25) is 5.88 Å². The van der Waals surface area contributed by atoms with Gasteiger partial charge in [-0.15, -0.1) is 0 Å². The molecule has 90 valence electrons. The fourth-order valence-electron chi connectivity index (χ4n) is 1.24. The lowest BCUT2D eigenvalue weighted by Crippen LogP contribution is -2.09. The Balaban J connectivity index is 2.56. The van der Waals surface area contributed by atoms with Crippen LogP contribution in [0.5, 0.6) is 5.88 Å². The third-order valence-electron chi connectivity index (χ3n) is 2.18. The number of nitrogens with zero attached hydrogens (tertiary/aromatic N) is 1. The van der Waals surface area contributed by atoms with Crippen LogP contribution in [0.25, 0.3) is 0 Å². The van der Waals surface area contributed by atoms with Gasteiger partial charge >= 0.3 is 0 Å². The summed E-state index contributed by atoms with van der Waals surface area (Å²) in [7, 11) is 1.87. The van der Waals surface area contributed by atoms with Gasteiger partial charge in [-0.2, -0.15) is 0 Å². The average molecular weight is 243 g/mol. The minimum atomic E-state index is 0.643. The highest BCUT2D eigenvalue weighted by Gasteiger charge is 2.04. The van der Waals surface area contributed by atoms with Gasteiger partial charge in [-0.25, -0.2) is 4.98 Å². The maximum absolute atomic E-state index is 6.00. The molecule has 4 heteroatoms. The summed E-state index contributed by atoms with van der Waals surface area (Å²) < 4.78 is 5.56. The zero-order chi connectivity index (χ0) is 12.0. The van der Waals surface area contributed by atoms with Gasteiger partial charge in [-0.05, 0) is 25.5 Å². The molecule has 1 rings (SSSR count). The lowest BCUT2D eigenvalue weighted by molar-refractivity contribution is 0.278. The van der Waals surface area contributed by atoms with E-state index >= 15 is 0 Å². The maximum Gasteiger partial charge on any atom is 0.213 e. The third kappa shape index (κ3) is 4.37. The van der Waals surface area contributed by atoms with Crippen LogP contribution < -0.4 is 10.1 Å². The Kier molecular flexibility index (Phi) is 5.56. The zero-order valence-electron chi connectivity index (χ0n) is 10.1. The van der Waals surface area contributed by atoms with Gasteiger partial charge in [0.25, 0.3) is 0 Å². The van der Waals surface area contributed by atoms with Crippen molar-refractivity contribution in [2.75, 3.05) is 13.7 Å². The predicted molar refractivity (Wildman–Crippen MR) is 67.0 cm³/mol. The van der Waals surface area contributed by atoms with E-state index in [1.54, 1.807) is 0 Å². The van der Waals surface area contributed by atoms with E-state index in [4.69, 9.17) is 16.3 Å². The Bertz CT molecular complexity index is 329. The summed E-state index contributed by atoms with van der Waals surface area (Å²) in [4.78, 5) is 4.34. The maximum atomic E-state index is 6.00. The molecule has 0 unspecified atom stereocenters. The summed E-state index contributed by atoms with van der Waals surface area (Å²) in [5, 5.41) is 3.70. The predicted octanol–water partition coefficient (Wildman–Crippen LogP) is 2.88. The first kappa shape index (κ1) is 13.3. The lowest BCUT2D eigenvalue weighted by Gasteiger charge is -2.09. The second-order valence-electron chi connectivity index (χ2n) is 4.14. The number of halogens is 1. The molecule has 0 saturated heterocycles. The first-order chi connectivity index (χ1) is 7.63. The van der Waals surface area contributed by atoms with E-state index in [0.717, 1.165) is 12.1 Å². The van der Waals surface area contributed by atoms with Crippen LogP contribution in [0.15, 0.2) is 12.1 Å². The van der Waals surface area contributed by atoms with Crippen LogP contribution in [0, 0.1) is 5.92 Å². The Labute approximate surface area is 102 Å². The molecule has 0 aliphatic rings. The van der Waals surface area contributed by atoms with Gasteiger partial charge in [0.05, 0.1) is 17.3 Å². The molecule has 1 aromatic heterocycles. The first-order valence-electron chi connectivity index (χ1n) is 5.56. The van der Waals surface area contributed by atoms with Crippen LogP contribution in [0.1, 0.15) is 26.0 Å². The first-order valence-corrected chi connectivity index (χ1v) is 5.94. The van der Waals surface area contributed by atoms with Crippen LogP contribution in [0.3, 0.4) is 0 Å². The summed E-state index contributed by atoms with van der Waals surface area (Å²) >= 11 is 6.00. The highest BCUT2D eigenvalue weighted by Crippen LogP contribution is 2.18. The molecule has 16 heavy (non-hydrogen) atoms. The van der Waals surface area contributed by atoms with Crippen LogP contribution in [-0.4, -0.2) is 18.6 Å². The standard InChI is InChI=1S/C12H19ClN2O/c1-9(2)6-7-16-12-5-4-10(13)11(15-12)8-14-3/h4-5,9,14H,6-8H2,1-3H3. The number of pyridine rings is 1. The smallest absolute Gasteiger partial charge is 0.213 e. The van der Waals surface area contributed by atoms with Gasteiger partial charge in [0.15, 0.2) is 0 Å². The number of nitrogens with one attached hydrogen (secondary N) is 1. The van der Waals surface area contributed by atoms with Gasteiger partial charge in [-0.1, -0.05) is 25.4 Å². The summed E-state index contributed by atoms with van der Waals surface area (Å²) in [6.07, 6.45) is 1.03. The van der Waals surface area contributed by atoms with Crippen molar-refractivity contribution in [3.8, 4) is 5.88 Å². The van der Waals surface area contributed by atoms with Crippen LogP contribution in [-0.2, 0) is 6.54 Å². The number of hydrogen-bond donors (Lipinski definition) is 1. The number of rotatable bonds is 6. The van der Waals surface area contributed by atoms with E-state index in [1.165, 1.54) is 0 Å². The Hall–Kier alpha value is -0.800. The zero-order valence-corrected chi connectivity index (χ0v) is 10.8. The van der Waals surface area contributed by atoms with E-state index < -0.39 is 0 Å². The number of ether oxygens (including phenoxy) is 1. The van der Waals surface area contributed by atoms with Crippen LogP contribution in [0.2, 0.25) is 5.02 Å². The molecule has 3 nitrogen and oxygen atoms in total. The SMILES string of the molecule is CNCc1nc(OCCC(C)C)ccc1Cl. The van der Waals surface area contributed by atoms with Crippen LogP contribution in [0.4, 0.5) is 0 Å². The minimum Gasteiger partial charge on any atom is -0.478 e. The Morgan fingerprint density at radius 1 is 1.44 bits per heavy atom. The molecule has 0 saturated carbocycles. The molecule has 0 aromatic carbocycles. The fraction of sp³-hybridized carbons (Fsp3) is 0.583. The van der Waals surface area contributed by atoms with Crippen molar-refractivity contribution in [1.29, 1.82) is 0 Å². The van der Waals surface area contributed by atoms with E-state index in [2.05, 4.69) is 24.1 Å². The van der Waals surface area contributed by atoms with Gasteiger partial charge in [-0.3, -0.25) is 0 Å². The molecular weight excluding hydrogens is 224 g/mol. The van der Waals surface area contributed by atoms with E-state index in [1.807, 2.05) is 19.2 Å². The second kappa shape index (κ2) is 6.71. The molecule has 1 N–H and O–H groups in total. The van der Waals surface area contributed by atoms with Crippen molar-refractivity contribution < 1.29 is 4.74 Å². The van der Waals surface area contributed by atoms with E-state index in [-0.39, 0.29) is 0 Å². The molecule has 0 fully saturated rings. The average Bonchev–Trinajstić information content (AvgIpc) is 2.22. The van der Waals surface area contributed by atoms with Crippen molar-refractivity contribution >= 4 is 11.6 Å². The summed E-state index contributed by atoms with van der Waals surface area (Å²) in [6, 6.07) is 3.63. The van der Waals surface area contributed by atoms with E-state index in [9.17, 15) is 0 Å². The summed E-state index contributed by atoms with van der Waals surface area (Å²) in [5.74, 6) is 1.29. The molecule has 0 bridgehead atoms. The summed E-state index contributed by atoms with van der Waals surface area (Å²) in [6.45, 7) is 5.70. The molecule has 0 radical (unpaired) electrons. The molecule has 0 amide bonds. The van der Waals surface area contributed by atoms with Crippen molar-refractivity contribution in [1.82, 2.24) is 10.3 Å². The lowest BCUT2D eigenvalue weighted by atomic mass is 10.1. The van der Waals surface area contributed by atoms with E-state index in [0.29, 0.717) is 30.0 Å². The molecule has 0 aliphatic carbocycles. The van der Waals surface area contributed by atoms with Gasteiger partial charge in [0, 0.05) is 12.6 Å². The second-order valence-corrected chi connectivity index (χ2v) is 4.55. The molecule has 1 heterocycles. The Morgan fingerprint density at radius 2 is 2.19 bits per heavy atom. The number of hydrogen-bond acceptors (Lipinski definition) is 3. The van der Waals surface area contributed by atoms with Crippen molar-refractivity contribution in [3.05, 3.63) is 22.8 Å². The minimum absolute atomic E-state index is 0.643. The molecule has 0 spiro atoms. The highest BCUT2D eigenvalue weighted by atomic mass is 35.5. The summed E-state index contributed by atoms with van der Waals surface area (Å²) in [5.41, 5.74) is 0.825. The molecule has 1 aromatic rings. The van der Waals surface area contributed by atoms with Crippen molar-refractivity contribution in [2.24, 2.45) is 5.92 Å². The quantitative estimate of drug-likeness (QED) is 0.833. The number of aromatic nitrogens is 1. The monoisotopic (exact) mass is 242 g/mol. The van der Waals surface area contributed by atoms with Gasteiger partial charge in [0.1, 0.15) is 0 Å². The Morgan fingerprint density at radius 3 is 2.81 bits per heavy atom. The molecule has 0 atom stereocenters. The molecule has 0 aliphatic heterocycles. The van der Waals surface area contributed by atoms with Crippen molar-refractivity contribution in [2.45, 2.75) is 26.8 Å². The fourth-order valence-corrected chi connectivity index (χ4v) is 1.41. The van der Waals surface area contributed by atoms with Crippen molar-refractivity contribution in [3.63, 3.8) is 0 Å². The largest absolute Gasteiger partial charge is 0.478 e.